The number of rotatable bonds is 5. The largest absolute Gasteiger partial charge is 0.380 e. The second kappa shape index (κ2) is 6.42. The smallest absolute Gasteiger partial charge is 0.163 e. The Bertz CT molecular complexity index is 777. The highest BCUT2D eigenvalue weighted by molar-refractivity contribution is 6.15. The molecule has 5 nitrogen and oxygen atoms in total. The number of unbranched alkanes of at least 4 members (excludes halogenated alkanes) is 1. The molecular formula is C22H29NO4. The first-order valence-corrected chi connectivity index (χ1v) is 10.1. The average molecular weight is 371 g/mol. The monoisotopic (exact) mass is 371 g/mol. The number of benzene rings is 1. The summed E-state index contributed by atoms with van der Waals surface area (Å²) in [4.78, 5) is 28.4. The van der Waals surface area contributed by atoms with Crippen LogP contribution < -0.4 is 4.90 Å². The molecular weight excluding hydrogens is 342 g/mol. The van der Waals surface area contributed by atoms with Crippen LogP contribution in [-0.2, 0) is 19.9 Å². The molecule has 0 radical (unpaired) electrons. The van der Waals surface area contributed by atoms with Crippen LogP contribution in [-0.4, -0.2) is 36.1 Å². The first-order valence-electron chi connectivity index (χ1n) is 10.1. The SMILES string of the molecule is CCCC[C@H]1C(=O)[C@@](C)(CN2c3ccccc3[C@]3(O)CCO[C@H]23)C(=O)[C@@H]1C. The third kappa shape index (κ3) is 2.51. The standard InChI is InChI=1S/C22H29NO4/c1-4-5-8-15-14(2)18(24)21(3,19(15)25)13-23-17-10-7-6-9-16(17)22(26)11-12-27-20(22)23/h6-7,9-10,14-15,20,26H,4-5,8,11-13H2,1-3H3/t14-,15-,20+,21+,22-/m1/s1. The fourth-order valence-corrected chi connectivity index (χ4v) is 5.33. The molecule has 2 heterocycles. The van der Waals surface area contributed by atoms with Crippen molar-refractivity contribution in [2.24, 2.45) is 17.3 Å². The molecule has 1 aromatic carbocycles. The van der Waals surface area contributed by atoms with Crippen molar-refractivity contribution in [1.82, 2.24) is 0 Å². The second-order valence-electron chi connectivity index (χ2n) is 8.64. The number of anilines is 1. The van der Waals surface area contributed by atoms with Crippen molar-refractivity contribution in [3.63, 3.8) is 0 Å². The summed E-state index contributed by atoms with van der Waals surface area (Å²) in [6, 6.07) is 7.69. The predicted molar refractivity (Wildman–Crippen MR) is 102 cm³/mol. The Balaban J connectivity index is 1.67. The lowest BCUT2D eigenvalue weighted by atomic mass is 9.84. The molecule has 0 amide bonds. The van der Waals surface area contributed by atoms with Crippen molar-refractivity contribution in [3.05, 3.63) is 29.8 Å². The molecule has 2 aliphatic heterocycles. The minimum Gasteiger partial charge on any atom is -0.380 e. The zero-order valence-corrected chi connectivity index (χ0v) is 16.4. The van der Waals surface area contributed by atoms with Crippen molar-refractivity contribution in [1.29, 1.82) is 0 Å². The van der Waals surface area contributed by atoms with Crippen molar-refractivity contribution >= 4 is 17.3 Å². The molecule has 1 N–H and O–H groups in total. The van der Waals surface area contributed by atoms with Gasteiger partial charge in [-0.05, 0) is 19.4 Å². The van der Waals surface area contributed by atoms with Gasteiger partial charge in [0.05, 0.1) is 6.61 Å². The van der Waals surface area contributed by atoms with Crippen LogP contribution >= 0.6 is 0 Å². The van der Waals surface area contributed by atoms with Gasteiger partial charge in [0.2, 0.25) is 0 Å². The summed E-state index contributed by atoms with van der Waals surface area (Å²) in [5.41, 5.74) is -0.409. The molecule has 1 saturated heterocycles. The van der Waals surface area contributed by atoms with E-state index in [9.17, 15) is 14.7 Å². The number of nitrogens with zero attached hydrogens (tertiary/aromatic N) is 1. The van der Waals surface area contributed by atoms with E-state index in [-0.39, 0.29) is 29.9 Å². The molecule has 146 valence electrons. The number of hydrogen-bond donors (Lipinski definition) is 1. The van der Waals surface area contributed by atoms with Crippen molar-refractivity contribution in [2.45, 2.75) is 58.3 Å². The summed E-state index contributed by atoms with van der Waals surface area (Å²) < 4.78 is 5.87. The number of fused-ring (bicyclic) bond motifs is 3. The molecule has 2 fully saturated rings. The van der Waals surface area contributed by atoms with E-state index in [0.29, 0.717) is 13.0 Å². The van der Waals surface area contributed by atoms with E-state index in [1.165, 1.54) is 0 Å². The lowest BCUT2D eigenvalue weighted by Gasteiger charge is -2.34. The topological polar surface area (TPSA) is 66.8 Å². The summed E-state index contributed by atoms with van der Waals surface area (Å²) in [5.74, 6) is -0.349. The number of para-hydroxylation sites is 1. The quantitative estimate of drug-likeness (QED) is 0.806. The Labute approximate surface area is 160 Å². The minimum atomic E-state index is -1.06. The summed E-state index contributed by atoms with van der Waals surface area (Å²) in [5, 5.41) is 11.2. The lowest BCUT2D eigenvalue weighted by Crippen LogP contribution is -2.49. The molecule has 5 atom stereocenters. The van der Waals surface area contributed by atoms with Gasteiger partial charge in [0.15, 0.2) is 17.8 Å². The first-order chi connectivity index (χ1) is 12.8. The van der Waals surface area contributed by atoms with Crippen LogP contribution in [0.25, 0.3) is 0 Å². The number of carbonyl (C=O) groups is 2. The highest BCUT2D eigenvalue weighted by Crippen LogP contribution is 2.51. The highest BCUT2D eigenvalue weighted by Gasteiger charge is 2.60. The maximum absolute atomic E-state index is 13.3. The maximum atomic E-state index is 13.3. The third-order valence-corrected chi connectivity index (χ3v) is 6.93. The van der Waals surface area contributed by atoms with Crippen molar-refractivity contribution in [2.75, 3.05) is 18.1 Å². The molecule has 4 rings (SSSR count). The van der Waals surface area contributed by atoms with Crippen LogP contribution in [0.3, 0.4) is 0 Å². The molecule has 27 heavy (non-hydrogen) atoms. The van der Waals surface area contributed by atoms with Gasteiger partial charge in [0.25, 0.3) is 0 Å². The Hall–Kier alpha value is -1.72. The molecule has 1 aliphatic carbocycles. The fourth-order valence-electron chi connectivity index (χ4n) is 5.33. The van der Waals surface area contributed by atoms with Crippen molar-refractivity contribution < 1.29 is 19.4 Å². The Morgan fingerprint density at radius 1 is 1.26 bits per heavy atom. The van der Waals surface area contributed by atoms with Crippen LogP contribution in [0.5, 0.6) is 0 Å². The summed E-state index contributed by atoms with van der Waals surface area (Å²) in [6.45, 7) is 6.52. The van der Waals surface area contributed by atoms with E-state index in [2.05, 4.69) is 6.92 Å². The summed E-state index contributed by atoms with van der Waals surface area (Å²) in [7, 11) is 0. The number of aliphatic hydroxyl groups is 1. The van der Waals surface area contributed by atoms with E-state index in [1.54, 1.807) is 6.92 Å². The maximum Gasteiger partial charge on any atom is 0.163 e. The van der Waals surface area contributed by atoms with Crippen LogP contribution in [0.4, 0.5) is 5.69 Å². The molecule has 1 saturated carbocycles. The van der Waals surface area contributed by atoms with Gasteiger partial charge >= 0.3 is 0 Å². The highest BCUT2D eigenvalue weighted by atomic mass is 16.5. The van der Waals surface area contributed by atoms with Gasteiger partial charge in [-0.25, -0.2) is 0 Å². The molecule has 0 unspecified atom stereocenters. The number of carbonyl (C=O) groups excluding carboxylic acids is 2. The fraction of sp³-hybridized carbons (Fsp3) is 0.636. The first kappa shape index (κ1) is 18.6. The molecule has 0 spiro atoms. The van der Waals surface area contributed by atoms with E-state index in [4.69, 9.17) is 4.74 Å². The number of ether oxygens (including phenoxy) is 1. The van der Waals surface area contributed by atoms with Crippen molar-refractivity contribution in [3.8, 4) is 0 Å². The van der Waals surface area contributed by atoms with Gasteiger partial charge in [0, 0.05) is 36.1 Å². The van der Waals surface area contributed by atoms with Gasteiger partial charge in [-0.2, -0.15) is 0 Å². The van der Waals surface area contributed by atoms with E-state index >= 15 is 0 Å². The summed E-state index contributed by atoms with van der Waals surface area (Å²) >= 11 is 0. The second-order valence-corrected chi connectivity index (χ2v) is 8.64. The predicted octanol–water partition coefficient (Wildman–Crippen LogP) is 3.04. The number of ketones is 2. The van der Waals surface area contributed by atoms with Gasteiger partial charge in [-0.15, -0.1) is 0 Å². The summed E-state index contributed by atoms with van der Waals surface area (Å²) in [6.07, 6.45) is 2.75. The Morgan fingerprint density at radius 2 is 2.00 bits per heavy atom. The van der Waals surface area contributed by atoms with Gasteiger partial charge in [0.1, 0.15) is 11.0 Å². The van der Waals surface area contributed by atoms with Gasteiger partial charge in [-0.3, -0.25) is 9.59 Å². The Morgan fingerprint density at radius 3 is 2.74 bits per heavy atom. The number of Topliss-reactive ketones (excluding diaryl/α,β-unsaturated/α-hetero) is 2. The molecule has 0 bridgehead atoms. The van der Waals surface area contributed by atoms with Crippen LogP contribution in [0, 0.1) is 17.3 Å². The Kier molecular flexibility index (Phi) is 4.43. The number of hydrogen-bond acceptors (Lipinski definition) is 5. The van der Waals surface area contributed by atoms with E-state index < -0.39 is 17.2 Å². The van der Waals surface area contributed by atoms with E-state index in [1.807, 2.05) is 36.1 Å². The van der Waals surface area contributed by atoms with Gasteiger partial charge in [-0.1, -0.05) is 44.9 Å². The average Bonchev–Trinajstić information content (AvgIpc) is 3.20. The van der Waals surface area contributed by atoms with Crippen LogP contribution in [0.2, 0.25) is 0 Å². The third-order valence-electron chi connectivity index (χ3n) is 6.93. The molecule has 5 heteroatoms. The lowest BCUT2D eigenvalue weighted by molar-refractivity contribution is -0.135. The van der Waals surface area contributed by atoms with Crippen LogP contribution in [0.1, 0.15) is 52.0 Å². The van der Waals surface area contributed by atoms with E-state index in [0.717, 1.165) is 30.5 Å². The molecule has 3 aliphatic rings. The van der Waals surface area contributed by atoms with Crippen LogP contribution in [0.15, 0.2) is 24.3 Å². The minimum absolute atomic E-state index is 0.0273. The normalized spacial score (nSPS) is 37.8. The molecule has 0 aromatic heterocycles. The zero-order chi connectivity index (χ0) is 19.4. The molecule has 1 aromatic rings. The zero-order valence-electron chi connectivity index (χ0n) is 16.4. The van der Waals surface area contributed by atoms with Gasteiger partial charge < -0.3 is 14.7 Å².